The van der Waals surface area contributed by atoms with Crippen molar-refractivity contribution in [1.82, 2.24) is 9.38 Å². The van der Waals surface area contributed by atoms with E-state index in [2.05, 4.69) is 45.8 Å². The van der Waals surface area contributed by atoms with Crippen molar-refractivity contribution in [2.75, 3.05) is 0 Å². The lowest BCUT2D eigenvalue weighted by Crippen LogP contribution is -1.83. The molecule has 0 saturated carbocycles. The van der Waals surface area contributed by atoms with E-state index in [4.69, 9.17) is 8.83 Å². The molecule has 7 rings (SSSR count). The van der Waals surface area contributed by atoms with E-state index in [1.54, 1.807) is 0 Å². The van der Waals surface area contributed by atoms with Gasteiger partial charge in [-0.1, -0.05) is 42.5 Å². The second-order valence-electron chi connectivity index (χ2n) is 7.31. The van der Waals surface area contributed by atoms with Gasteiger partial charge in [-0.2, -0.15) is 4.98 Å². The molecule has 0 radical (unpaired) electrons. The Bertz CT molecular complexity index is 1720. The maximum atomic E-state index is 5.98. The van der Waals surface area contributed by atoms with Crippen molar-refractivity contribution in [3.63, 3.8) is 0 Å². The van der Waals surface area contributed by atoms with Crippen molar-refractivity contribution in [2.45, 2.75) is 0 Å². The normalized spacial score (nSPS) is 12.1. The fraction of sp³-hybridized carbons (Fsp3) is 0. The Balaban J connectivity index is 1.50. The van der Waals surface area contributed by atoms with Gasteiger partial charge < -0.3 is 8.83 Å². The molecular formula is C25H14N2O2. The molecule has 3 heterocycles. The van der Waals surface area contributed by atoms with Gasteiger partial charge in [0.15, 0.2) is 5.58 Å². The lowest BCUT2D eigenvalue weighted by atomic mass is 10.0. The monoisotopic (exact) mass is 374 g/mol. The predicted molar refractivity (Wildman–Crippen MR) is 115 cm³/mol. The second kappa shape index (κ2) is 5.26. The molecule has 0 spiro atoms. The molecule has 7 aromatic rings. The molecule has 0 amide bonds. The van der Waals surface area contributed by atoms with Crippen LogP contribution in [0, 0.1) is 0 Å². The summed E-state index contributed by atoms with van der Waals surface area (Å²) in [6.07, 6.45) is 0. The van der Waals surface area contributed by atoms with Crippen molar-refractivity contribution >= 4 is 49.9 Å². The third kappa shape index (κ3) is 2.00. The summed E-state index contributed by atoms with van der Waals surface area (Å²) < 4.78 is 14.0. The van der Waals surface area contributed by atoms with Crippen LogP contribution in [-0.2, 0) is 0 Å². The summed E-state index contributed by atoms with van der Waals surface area (Å²) in [5.41, 5.74) is 7.92. The van der Waals surface area contributed by atoms with Gasteiger partial charge in [0.2, 0.25) is 0 Å². The highest BCUT2D eigenvalue weighted by atomic mass is 16.4. The zero-order valence-electron chi connectivity index (χ0n) is 15.3. The summed E-state index contributed by atoms with van der Waals surface area (Å²) in [6, 6.07) is 28.9. The van der Waals surface area contributed by atoms with E-state index in [1.165, 1.54) is 0 Å². The average molecular weight is 374 g/mol. The lowest BCUT2D eigenvalue weighted by molar-refractivity contribution is 0.643. The zero-order chi connectivity index (χ0) is 18.9. The standard InChI is InChI=1S/C25H14N2O2/c1-4-8-22-17(5-1)18-13-15(9-11-23(18)28-22)16-10-12-24-21(14-16)27-20-7-3-2-6-19(20)26-25(27)29-24/h1-14H. The Morgan fingerprint density at radius 1 is 0.586 bits per heavy atom. The van der Waals surface area contributed by atoms with Gasteiger partial charge in [0, 0.05) is 10.8 Å². The van der Waals surface area contributed by atoms with Crippen LogP contribution >= 0.6 is 0 Å². The second-order valence-corrected chi connectivity index (χ2v) is 7.31. The van der Waals surface area contributed by atoms with Gasteiger partial charge in [-0.3, -0.25) is 4.40 Å². The summed E-state index contributed by atoms with van der Waals surface area (Å²) in [7, 11) is 0. The minimum Gasteiger partial charge on any atom is -0.456 e. The highest BCUT2D eigenvalue weighted by molar-refractivity contribution is 6.06. The molecule has 4 nitrogen and oxygen atoms in total. The molecule has 0 saturated heterocycles. The Labute approximate surface area is 164 Å². The molecule has 0 atom stereocenters. The number of aromatic nitrogens is 2. The molecule has 136 valence electrons. The molecule has 0 N–H and O–H groups in total. The largest absolute Gasteiger partial charge is 0.456 e. The van der Waals surface area contributed by atoms with Crippen LogP contribution in [0.25, 0.3) is 61.0 Å². The minimum atomic E-state index is 0.620. The van der Waals surface area contributed by atoms with Gasteiger partial charge in [-0.15, -0.1) is 0 Å². The van der Waals surface area contributed by atoms with Crippen molar-refractivity contribution in [3.05, 3.63) is 84.9 Å². The van der Waals surface area contributed by atoms with Crippen LogP contribution < -0.4 is 0 Å². The molecule has 0 aliphatic carbocycles. The van der Waals surface area contributed by atoms with E-state index < -0.39 is 0 Å². The number of fused-ring (bicyclic) bond motifs is 8. The van der Waals surface area contributed by atoms with Gasteiger partial charge in [-0.25, -0.2) is 0 Å². The Hall–Kier alpha value is -4.05. The Morgan fingerprint density at radius 2 is 1.34 bits per heavy atom. The summed E-state index contributed by atoms with van der Waals surface area (Å²) in [6.45, 7) is 0. The zero-order valence-corrected chi connectivity index (χ0v) is 15.3. The first kappa shape index (κ1) is 14.9. The number of hydrogen-bond acceptors (Lipinski definition) is 3. The van der Waals surface area contributed by atoms with Gasteiger partial charge >= 0.3 is 5.84 Å². The predicted octanol–water partition coefficient (Wildman–Crippen LogP) is 6.80. The van der Waals surface area contributed by atoms with Crippen LogP contribution in [0.3, 0.4) is 0 Å². The van der Waals surface area contributed by atoms with Gasteiger partial charge in [0.05, 0.1) is 16.6 Å². The number of oxazole rings is 1. The molecule has 0 aliphatic heterocycles. The quantitative estimate of drug-likeness (QED) is 0.317. The Morgan fingerprint density at radius 3 is 2.31 bits per heavy atom. The van der Waals surface area contributed by atoms with Crippen molar-refractivity contribution in [3.8, 4) is 11.1 Å². The highest BCUT2D eigenvalue weighted by Gasteiger charge is 2.14. The van der Waals surface area contributed by atoms with E-state index in [9.17, 15) is 0 Å². The summed E-state index contributed by atoms with van der Waals surface area (Å²) in [5.74, 6) is 0.620. The average Bonchev–Trinajstić information content (AvgIpc) is 3.42. The summed E-state index contributed by atoms with van der Waals surface area (Å²) >= 11 is 0. The number of para-hydroxylation sites is 3. The first-order valence-corrected chi connectivity index (χ1v) is 9.57. The van der Waals surface area contributed by atoms with Crippen molar-refractivity contribution < 1.29 is 8.83 Å². The van der Waals surface area contributed by atoms with Crippen LogP contribution in [0.2, 0.25) is 0 Å². The number of hydrogen-bond donors (Lipinski definition) is 0. The molecular weight excluding hydrogens is 360 g/mol. The fourth-order valence-corrected chi connectivity index (χ4v) is 4.27. The minimum absolute atomic E-state index is 0.620. The number of benzene rings is 4. The van der Waals surface area contributed by atoms with E-state index >= 15 is 0 Å². The maximum absolute atomic E-state index is 5.98. The van der Waals surface area contributed by atoms with Gasteiger partial charge in [0.25, 0.3) is 0 Å². The molecule has 0 unspecified atom stereocenters. The molecule has 3 aromatic heterocycles. The summed E-state index contributed by atoms with van der Waals surface area (Å²) in [5, 5.41) is 2.26. The fourth-order valence-electron chi connectivity index (χ4n) is 4.27. The van der Waals surface area contributed by atoms with Crippen LogP contribution in [0.5, 0.6) is 0 Å². The first-order valence-electron chi connectivity index (χ1n) is 9.57. The Kier molecular flexibility index (Phi) is 2.71. The van der Waals surface area contributed by atoms with Gasteiger partial charge in [-0.05, 0) is 53.6 Å². The smallest absolute Gasteiger partial charge is 0.307 e. The molecule has 0 aliphatic rings. The van der Waals surface area contributed by atoms with Crippen molar-refractivity contribution in [2.24, 2.45) is 0 Å². The topological polar surface area (TPSA) is 43.6 Å². The lowest BCUT2D eigenvalue weighted by Gasteiger charge is -2.02. The molecule has 4 aromatic carbocycles. The highest BCUT2D eigenvalue weighted by Crippen LogP contribution is 2.34. The first-order chi connectivity index (χ1) is 14.3. The SMILES string of the molecule is c1ccc2c(c1)nc1oc3ccc(-c4ccc5oc6ccccc6c5c4)cc3n12. The van der Waals surface area contributed by atoms with Crippen LogP contribution in [0.1, 0.15) is 0 Å². The van der Waals surface area contributed by atoms with E-state index in [-0.39, 0.29) is 0 Å². The number of rotatable bonds is 1. The van der Waals surface area contributed by atoms with E-state index in [0.29, 0.717) is 5.84 Å². The van der Waals surface area contributed by atoms with Crippen LogP contribution in [-0.4, -0.2) is 9.38 Å². The van der Waals surface area contributed by atoms with E-state index in [1.807, 2.05) is 48.5 Å². The third-order valence-corrected chi connectivity index (χ3v) is 5.64. The number of furan rings is 1. The van der Waals surface area contributed by atoms with Crippen LogP contribution in [0.4, 0.5) is 0 Å². The maximum Gasteiger partial charge on any atom is 0.307 e. The molecule has 0 bridgehead atoms. The van der Waals surface area contributed by atoms with Crippen LogP contribution in [0.15, 0.2) is 93.8 Å². The van der Waals surface area contributed by atoms with E-state index in [0.717, 1.165) is 55.2 Å². The third-order valence-electron chi connectivity index (χ3n) is 5.64. The molecule has 29 heavy (non-hydrogen) atoms. The summed E-state index contributed by atoms with van der Waals surface area (Å²) in [4.78, 5) is 4.61. The van der Waals surface area contributed by atoms with Crippen molar-refractivity contribution in [1.29, 1.82) is 0 Å². The number of nitrogens with zero attached hydrogens (tertiary/aromatic N) is 2. The molecule has 0 fully saturated rings. The molecule has 4 heteroatoms. The van der Waals surface area contributed by atoms with Gasteiger partial charge in [0.1, 0.15) is 11.2 Å². The number of imidazole rings is 1.